The first-order valence-corrected chi connectivity index (χ1v) is 5.66. The lowest BCUT2D eigenvalue weighted by Gasteiger charge is -2.11. The third kappa shape index (κ3) is 2.29. The summed E-state index contributed by atoms with van der Waals surface area (Å²) >= 11 is 1.63. The number of carbonyl (C=O) groups is 1. The fourth-order valence-corrected chi connectivity index (χ4v) is 1.79. The second-order valence-electron chi connectivity index (χ2n) is 3.28. The molecule has 0 saturated heterocycles. The largest absolute Gasteiger partial charge is 0.481 e. The van der Waals surface area contributed by atoms with Crippen LogP contribution in [-0.4, -0.2) is 17.3 Å². The second-order valence-corrected chi connectivity index (χ2v) is 4.16. The van der Waals surface area contributed by atoms with E-state index in [0.29, 0.717) is 0 Å². The minimum atomic E-state index is -0.772. The van der Waals surface area contributed by atoms with Crippen LogP contribution in [0.5, 0.6) is 0 Å². The first kappa shape index (κ1) is 11.1. The van der Waals surface area contributed by atoms with Crippen molar-refractivity contribution in [1.82, 2.24) is 0 Å². The normalized spacial score (nSPS) is 12.5. The zero-order chi connectivity index (χ0) is 10.7. The van der Waals surface area contributed by atoms with Gasteiger partial charge in [0.1, 0.15) is 0 Å². The van der Waals surface area contributed by atoms with Gasteiger partial charge in [-0.05, 0) is 43.4 Å². The molecule has 0 fully saturated rings. The fraction of sp³-hybridized carbons (Fsp3) is 0.364. The van der Waals surface area contributed by atoms with Gasteiger partial charge in [-0.3, -0.25) is 4.79 Å². The van der Waals surface area contributed by atoms with Gasteiger partial charge in [-0.2, -0.15) is 0 Å². The zero-order valence-corrected chi connectivity index (χ0v) is 9.39. The topological polar surface area (TPSA) is 37.3 Å². The number of carboxylic acid groups (broad SMARTS) is 1. The number of thioether (sulfide) groups is 1. The van der Waals surface area contributed by atoms with Gasteiger partial charge in [-0.25, -0.2) is 0 Å². The van der Waals surface area contributed by atoms with Gasteiger partial charge in [0, 0.05) is 4.90 Å². The van der Waals surface area contributed by atoms with Gasteiger partial charge in [-0.15, -0.1) is 11.8 Å². The Labute approximate surface area is 88.3 Å². The molecule has 14 heavy (non-hydrogen) atoms. The average molecular weight is 210 g/mol. The van der Waals surface area contributed by atoms with Crippen molar-refractivity contribution in [3.63, 3.8) is 0 Å². The SMILES string of the molecule is CSc1ccc(C)c(C(C)C(=O)O)c1. The molecule has 1 atom stereocenters. The molecule has 0 aliphatic heterocycles. The molecule has 0 amide bonds. The first-order valence-electron chi connectivity index (χ1n) is 4.43. The lowest BCUT2D eigenvalue weighted by molar-refractivity contribution is -0.138. The fourth-order valence-electron chi connectivity index (χ4n) is 1.35. The maximum absolute atomic E-state index is 10.8. The van der Waals surface area contributed by atoms with Crippen molar-refractivity contribution in [3.8, 4) is 0 Å². The number of aryl methyl sites for hydroxylation is 1. The zero-order valence-electron chi connectivity index (χ0n) is 8.57. The van der Waals surface area contributed by atoms with E-state index in [0.717, 1.165) is 16.0 Å². The van der Waals surface area contributed by atoms with Gasteiger partial charge in [0.05, 0.1) is 5.92 Å². The van der Waals surface area contributed by atoms with E-state index in [2.05, 4.69) is 0 Å². The summed E-state index contributed by atoms with van der Waals surface area (Å²) in [7, 11) is 0. The van der Waals surface area contributed by atoms with Crippen LogP contribution < -0.4 is 0 Å². The van der Waals surface area contributed by atoms with Crippen LogP contribution in [0.25, 0.3) is 0 Å². The number of carboxylic acids is 1. The van der Waals surface area contributed by atoms with Crippen LogP contribution in [0.15, 0.2) is 23.1 Å². The van der Waals surface area contributed by atoms with E-state index in [4.69, 9.17) is 5.11 Å². The molecule has 0 heterocycles. The standard InChI is InChI=1S/C11H14O2S/c1-7-4-5-9(14-3)6-10(7)8(2)11(12)13/h4-6,8H,1-3H3,(H,12,13). The summed E-state index contributed by atoms with van der Waals surface area (Å²) in [5.74, 6) is -1.20. The molecule has 3 heteroatoms. The molecule has 0 aliphatic rings. The van der Waals surface area contributed by atoms with Crippen molar-refractivity contribution >= 4 is 17.7 Å². The number of benzene rings is 1. The highest BCUT2D eigenvalue weighted by atomic mass is 32.2. The Balaban J connectivity index is 3.11. The Bertz CT molecular complexity index is 347. The molecule has 1 N–H and O–H groups in total. The summed E-state index contributed by atoms with van der Waals surface area (Å²) in [6, 6.07) is 5.94. The maximum atomic E-state index is 10.8. The summed E-state index contributed by atoms with van der Waals surface area (Å²) in [5, 5.41) is 8.92. The minimum absolute atomic E-state index is 0.429. The first-order chi connectivity index (χ1) is 6.56. The number of hydrogen-bond donors (Lipinski definition) is 1. The summed E-state index contributed by atoms with van der Waals surface area (Å²) in [5.41, 5.74) is 1.95. The van der Waals surface area contributed by atoms with E-state index >= 15 is 0 Å². The van der Waals surface area contributed by atoms with E-state index < -0.39 is 11.9 Å². The Kier molecular flexibility index (Phi) is 3.58. The van der Waals surface area contributed by atoms with Gasteiger partial charge in [0.25, 0.3) is 0 Å². The van der Waals surface area contributed by atoms with Gasteiger partial charge >= 0.3 is 5.97 Å². The predicted molar refractivity (Wildman–Crippen MR) is 59.0 cm³/mol. The highest BCUT2D eigenvalue weighted by molar-refractivity contribution is 7.98. The predicted octanol–water partition coefficient (Wildman–Crippen LogP) is 2.91. The lowest BCUT2D eigenvalue weighted by Crippen LogP contribution is -2.08. The number of aliphatic carboxylic acids is 1. The van der Waals surface area contributed by atoms with E-state index in [1.807, 2.05) is 31.4 Å². The molecule has 0 radical (unpaired) electrons. The number of rotatable bonds is 3. The Hall–Kier alpha value is -0.960. The summed E-state index contributed by atoms with van der Waals surface area (Å²) < 4.78 is 0. The molecule has 1 unspecified atom stereocenters. The van der Waals surface area contributed by atoms with E-state index in [-0.39, 0.29) is 0 Å². The molecular formula is C11H14O2S. The van der Waals surface area contributed by atoms with Crippen LogP contribution >= 0.6 is 11.8 Å². The van der Waals surface area contributed by atoms with E-state index in [9.17, 15) is 4.79 Å². The number of hydrogen-bond acceptors (Lipinski definition) is 2. The molecule has 2 nitrogen and oxygen atoms in total. The van der Waals surface area contributed by atoms with E-state index in [1.165, 1.54) is 0 Å². The van der Waals surface area contributed by atoms with Crippen LogP contribution in [-0.2, 0) is 4.79 Å². The molecule has 0 aromatic heterocycles. The van der Waals surface area contributed by atoms with Gasteiger partial charge in [0.2, 0.25) is 0 Å². The monoisotopic (exact) mass is 210 g/mol. The second kappa shape index (κ2) is 4.51. The molecule has 1 rings (SSSR count). The minimum Gasteiger partial charge on any atom is -0.481 e. The quantitative estimate of drug-likeness (QED) is 0.779. The third-order valence-electron chi connectivity index (χ3n) is 2.32. The molecule has 0 saturated carbocycles. The summed E-state index contributed by atoms with van der Waals surface area (Å²) in [6.45, 7) is 3.66. The molecule has 0 bridgehead atoms. The van der Waals surface area contributed by atoms with Crippen LogP contribution in [0.4, 0.5) is 0 Å². The summed E-state index contributed by atoms with van der Waals surface area (Å²) in [4.78, 5) is 12.0. The lowest BCUT2D eigenvalue weighted by atomic mass is 9.97. The van der Waals surface area contributed by atoms with Crippen molar-refractivity contribution in [2.45, 2.75) is 24.7 Å². The molecule has 76 valence electrons. The van der Waals surface area contributed by atoms with Gasteiger partial charge in [-0.1, -0.05) is 6.07 Å². The molecule has 1 aromatic carbocycles. The van der Waals surface area contributed by atoms with Crippen molar-refractivity contribution in [3.05, 3.63) is 29.3 Å². The Morgan fingerprint density at radius 1 is 1.50 bits per heavy atom. The summed E-state index contributed by atoms with van der Waals surface area (Å²) in [6.07, 6.45) is 1.99. The highest BCUT2D eigenvalue weighted by Gasteiger charge is 2.15. The average Bonchev–Trinajstić information content (AvgIpc) is 2.17. The van der Waals surface area contributed by atoms with E-state index in [1.54, 1.807) is 18.7 Å². The van der Waals surface area contributed by atoms with Crippen LogP contribution in [0.1, 0.15) is 24.0 Å². The molecule has 1 aromatic rings. The van der Waals surface area contributed by atoms with Gasteiger partial charge in [0.15, 0.2) is 0 Å². The molecule has 0 spiro atoms. The highest BCUT2D eigenvalue weighted by Crippen LogP contribution is 2.25. The smallest absolute Gasteiger partial charge is 0.310 e. The maximum Gasteiger partial charge on any atom is 0.310 e. The Morgan fingerprint density at radius 2 is 2.14 bits per heavy atom. The van der Waals surface area contributed by atoms with Crippen molar-refractivity contribution in [1.29, 1.82) is 0 Å². The third-order valence-corrected chi connectivity index (χ3v) is 3.05. The van der Waals surface area contributed by atoms with Crippen molar-refractivity contribution < 1.29 is 9.90 Å². The van der Waals surface area contributed by atoms with Gasteiger partial charge < -0.3 is 5.11 Å². The van der Waals surface area contributed by atoms with Crippen molar-refractivity contribution in [2.75, 3.05) is 6.26 Å². The molecule has 0 aliphatic carbocycles. The van der Waals surface area contributed by atoms with Crippen LogP contribution in [0.2, 0.25) is 0 Å². The van der Waals surface area contributed by atoms with Crippen LogP contribution in [0, 0.1) is 6.92 Å². The Morgan fingerprint density at radius 3 is 2.64 bits per heavy atom. The molecular weight excluding hydrogens is 196 g/mol. The van der Waals surface area contributed by atoms with Crippen LogP contribution in [0.3, 0.4) is 0 Å². The van der Waals surface area contributed by atoms with Crippen molar-refractivity contribution in [2.24, 2.45) is 0 Å².